The van der Waals surface area contributed by atoms with Crippen molar-refractivity contribution >= 4 is 17.1 Å². The fourth-order valence-electron chi connectivity index (χ4n) is 14.6. The SMILES string of the molecule is CC1(c2ccccc2)c2cc(N(c3ccc4c(c3)C(c3ccccc3)(c3ccccc3)c3ccccc3-4)c3ccc4c(c3)C(c3ccccc3)(C3C=CC=CC3)c3ccccc3-4)ccc2-c2c(-c3ccccc3)cccc21. The topological polar surface area (TPSA) is 3.24 Å². The summed E-state index contributed by atoms with van der Waals surface area (Å²) in [6.07, 6.45) is 10.2. The summed E-state index contributed by atoms with van der Waals surface area (Å²) >= 11 is 0. The number of fused-ring (bicyclic) bond motifs is 9. The third-order valence-corrected chi connectivity index (χ3v) is 17.9. The highest BCUT2D eigenvalue weighted by Gasteiger charge is 2.50. The second-order valence-corrected chi connectivity index (χ2v) is 21.5. The highest BCUT2D eigenvalue weighted by molar-refractivity contribution is 5.97. The van der Waals surface area contributed by atoms with Crippen molar-refractivity contribution in [3.05, 3.63) is 353 Å². The van der Waals surface area contributed by atoms with Crippen LogP contribution in [-0.2, 0) is 16.2 Å². The summed E-state index contributed by atoms with van der Waals surface area (Å²) in [7, 11) is 0. The Morgan fingerprint density at radius 1 is 0.338 bits per heavy atom. The van der Waals surface area contributed by atoms with Gasteiger partial charge in [0.25, 0.3) is 0 Å². The first kappa shape index (κ1) is 45.1. The first-order valence-corrected chi connectivity index (χ1v) is 27.3. The van der Waals surface area contributed by atoms with Crippen molar-refractivity contribution in [2.24, 2.45) is 5.92 Å². The predicted octanol–water partition coefficient (Wildman–Crippen LogP) is 19.0. The Kier molecular flexibility index (Phi) is 10.3. The molecule has 0 aromatic heterocycles. The molecule has 11 aromatic rings. The molecule has 0 fully saturated rings. The molecule has 77 heavy (non-hydrogen) atoms. The van der Waals surface area contributed by atoms with Gasteiger partial charge in [0.2, 0.25) is 0 Å². The summed E-state index contributed by atoms with van der Waals surface area (Å²) in [5, 5.41) is 0. The van der Waals surface area contributed by atoms with Crippen LogP contribution in [0.25, 0.3) is 44.5 Å². The Bertz CT molecular complexity index is 4100. The Morgan fingerprint density at radius 2 is 0.792 bits per heavy atom. The van der Waals surface area contributed by atoms with Crippen LogP contribution in [-0.4, -0.2) is 0 Å². The first-order chi connectivity index (χ1) is 38.1. The van der Waals surface area contributed by atoms with Crippen LogP contribution in [0.2, 0.25) is 0 Å². The van der Waals surface area contributed by atoms with Crippen molar-refractivity contribution in [1.82, 2.24) is 0 Å². The lowest BCUT2D eigenvalue weighted by Crippen LogP contribution is -2.35. The van der Waals surface area contributed by atoms with Gasteiger partial charge in [-0.15, -0.1) is 0 Å². The predicted molar refractivity (Wildman–Crippen MR) is 319 cm³/mol. The van der Waals surface area contributed by atoms with Crippen molar-refractivity contribution in [2.45, 2.75) is 29.6 Å². The maximum absolute atomic E-state index is 2.58. The zero-order valence-corrected chi connectivity index (χ0v) is 43.0. The van der Waals surface area contributed by atoms with Crippen LogP contribution in [0.4, 0.5) is 17.1 Å². The van der Waals surface area contributed by atoms with Gasteiger partial charge in [-0.25, -0.2) is 0 Å². The lowest BCUT2D eigenvalue weighted by Gasteiger charge is -2.40. The standard InChI is InChI=1S/C76H55N/c1-74(53-27-10-3-11-28-53)69-42-24-39-61(52-25-8-2-9-26-52)73(69)66-48-45-58(49-70(66)74)77(59-43-46-64-62-37-20-22-40-67(62)75(71(64)50-59,54-29-12-4-13-30-54)55-31-14-5-15-32-55)60-44-47-65-63-38-21-23-41-68(63)76(72(65)51-60,56-33-16-6-17-34-56)57-35-18-7-19-36-57/h2-35,37-51,57H,36H2,1H3. The lowest BCUT2D eigenvalue weighted by atomic mass is 9.62. The molecule has 0 radical (unpaired) electrons. The van der Waals surface area contributed by atoms with Crippen molar-refractivity contribution in [3.8, 4) is 44.5 Å². The molecular formula is C76H55N. The second-order valence-electron chi connectivity index (χ2n) is 21.5. The molecule has 3 unspecified atom stereocenters. The van der Waals surface area contributed by atoms with E-state index in [1.807, 2.05) is 0 Å². The molecule has 0 saturated carbocycles. The summed E-state index contributed by atoms with van der Waals surface area (Å²) < 4.78 is 0. The van der Waals surface area contributed by atoms with E-state index in [4.69, 9.17) is 0 Å². The number of anilines is 3. The Balaban J connectivity index is 1.02. The highest BCUT2D eigenvalue weighted by atomic mass is 15.1. The van der Waals surface area contributed by atoms with E-state index >= 15 is 0 Å². The molecule has 1 nitrogen and oxygen atoms in total. The normalized spacial score (nSPS) is 18.6. The molecule has 0 bridgehead atoms. The minimum Gasteiger partial charge on any atom is -0.310 e. The summed E-state index contributed by atoms with van der Waals surface area (Å²) in [6, 6.07) is 103. The Hall–Kier alpha value is -9.30. The van der Waals surface area contributed by atoms with Crippen LogP contribution < -0.4 is 4.90 Å². The average Bonchev–Trinajstić information content (AvgIpc) is 4.31. The van der Waals surface area contributed by atoms with Gasteiger partial charge in [-0.2, -0.15) is 0 Å². The molecule has 0 spiro atoms. The monoisotopic (exact) mass is 981 g/mol. The smallest absolute Gasteiger partial charge is 0.0714 e. The summed E-state index contributed by atoms with van der Waals surface area (Å²) in [5.74, 6) is 0.195. The van der Waals surface area contributed by atoms with E-state index in [1.54, 1.807) is 0 Å². The van der Waals surface area contributed by atoms with Crippen LogP contribution in [0.1, 0.15) is 69.0 Å². The van der Waals surface area contributed by atoms with Crippen molar-refractivity contribution in [1.29, 1.82) is 0 Å². The molecule has 0 saturated heterocycles. The third kappa shape index (κ3) is 6.47. The van der Waals surface area contributed by atoms with E-state index in [0.29, 0.717) is 0 Å². The van der Waals surface area contributed by atoms with Crippen molar-refractivity contribution in [2.75, 3.05) is 4.90 Å². The number of hydrogen-bond acceptors (Lipinski definition) is 1. The van der Waals surface area contributed by atoms with Crippen LogP contribution in [0.5, 0.6) is 0 Å². The Morgan fingerprint density at radius 3 is 1.40 bits per heavy atom. The van der Waals surface area contributed by atoms with E-state index in [0.717, 1.165) is 23.5 Å². The van der Waals surface area contributed by atoms with E-state index < -0.39 is 16.2 Å². The molecular weight excluding hydrogens is 927 g/mol. The van der Waals surface area contributed by atoms with Crippen LogP contribution in [0.3, 0.4) is 0 Å². The van der Waals surface area contributed by atoms with Crippen molar-refractivity contribution in [3.63, 3.8) is 0 Å². The van der Waals surface area contributed by atoms with Gasteiger partial charge in [-0.05, 0) is 156 Å². The summed E-state index contributed by atoms with van der Waals surface area (Å²) in [5.41, 5.74) is 25.1. The first-order valence-electron chi connectivity index (χ1n) is 27.3. The van der Waals surface area contributed by atoms with Gasteiger partial charge in [-0.1, -0.05) is 261 Å². The number of rotatable bonds is 9. The molecule has 0 amide bonds. The molecule has 0 heterocycles. The summed E-state index contributed by atoms with van der Waals surface area (Å²) in [4.78, 5) is 2.58. The maximum atomic E-state index is 2.58. The number of nitrogens with zero attached hydrogens (tertiary/aromatic N) is 1. The van der Waals surface area contributed by atoms with Gasteiger partial charge in [0.1, 0.15) is 0 Å². The third-order valence-electron chi connectivity index (χ3n) is 17.9. The second kappa shape index (κ2) is 17.7. The molecule has 3 atom stereocenters. The number of benzene rings is 11. The average molecular weight is 982 g/mol. The van der Waals surface area contributed by atoms with Gasteiger partial charge < -0.3 is 4.90 Å². The minimum absolute atomic E-state index is 0.195. The number of allylic oxidation sites excluding steroid dienone is 4. The molecule has 0 aliphatic heterocycles. The van der Waals surface area contributed by atoms with Crippen molar-refractivity contribution < 1.29 is 0 Å². The van der Waals surface area contributed by atoms with E-state index in [9.17, 15) is 0 Å². The molecule has 11 aromatic carbocycles. The lowest BCUT2D eigenvalue weighted by molar-refractivity contribution is 0.457. The zero-order valence-electron chi connectivity index (χ0n) is 43.0. The van der Waals surface area contributed by atoms with Gasteiger partial charge >= 0.3 is 0 Å². The minimum atomic E-state index is -0.571. The van der Waals surface area contributed by atoms with Crippen LogP contribution in [0, 0.1) is 5.92 Å². The molecule has 4 aliphatic rings. The Labute approximate surface area is 452 Å². The molecule has 1 heteroatoms. The largest absolute Gasteiger partial charge is 0.310 e. The van der Waals surface area contributed by atoms with Crippen LogP contribution in [0.15, 0.2) is 297 Å². The van der Waals surface area contributed by atoms with E-state index in [1.165, 1.54) is 100 Å². The van der Waals surface area contributed by atoms with Crippen LogP contribution >= 0.6 is 0 Å². The van der Waals surface area contributed by atoms with Gasteiger partial charge in [0.15, 0.2) is 0 Å². The quantitative estimate of drug-likeness (QED) is 0.139. The summed E-state index contributed by atoms with van der Waals surface area (Å²) in [6.45, 7) is 2.45. The number of hydrogen-bond donors (Lipinski definition) is 0. The van der Waals surface area contributed by atoms with Gasteiger partial charge in [0, 0.05) is 22.5 Å². The molecule has 0 N–H and O–H groups in total. The van der Waals surface area contributed by atoms with Gasteiger partial charge in [-0.3, -0.25) is 0 Å². The van der Waals surface area contributed by atoms with E-state index in [-0.39, 0.29) is 5.92 Å². The maximum Gasteiger partial charge on any atom is 0.0714 e. The fraction of sp³-hybridized carbons (Fsp3) is 0.0789. The van der Waals surface area contributed by atoms with Gasteiger partial charge in [0.05, 0.1) is 10.8 Å². The molecule has 4 aliphatic carbocycles. The zero-order chi connectivity index (χ0) is 51.1. The fourth-order valence-corrected chi connectivity index (χ4v) is 14.6. The van der Waals surface area contributed by atoms with E-state index in [2.05, 4.69) is 309 Å². The molecule has 364 valence electrons. The molecule has 15 rings (SSSR count). The highest BCUT2D eigenvalue weighted by Crippen LogP contribution is 2.62.